The number of hydrogen-bond donors (Lipinski definition) is 0. The van der Waals surface area contributed by atoms with Crippen molar-refractivity contribution >= 4 is 26.7 Å². The third-order valence-electron chi connectivity index (χ3n) is 2.66. The van der Waals surface area contributed by atoms with Crippen molar-refractivity contribution in [1.82, 2.24) is 0 Å². The Labute approximate surface area is 125 Å². The van der Waals surface area contributed by atoms with E-state index in [4.69, 9.17) is 0 Å². The fraction of sp³-hybridized carbons (Fsp3) is 0.143. The van der Waals surface area contributed by atoms with Crippen LogP contribution in [0.2, 0.25) is 0 Å². The van der Waals surface area contributed by atoms with Crippen molar-refractivity contribution in [2.75, 3.05) is 0 Å². The lowest BCUT2D eigenvalue weighted by molar-refractivity contribution is -0.137. The van der Waals surface area contributed by atoms with E-state index in [1.54, 1.807) is 24.3 Å². The van der Waals surface area contributed by atoms with E-state index in [9.17, 15) is 17.4 Å². The molecule has 2 aromatic rings. The van der Waals surface area contributed by atoms with Crippen LogP contribution in [0.5, 0.6) is 0 Å². The van der Waals surface area contributed by atoms with Gasteiger partial charge in [-0.1, -0.05) is 28.1 Å². The summed E-state index contributed by atoms with van der Waals surface area (Å²) >= 11 is 3.28. The Morgan fingerprint density at radius 3 is 2.00 bits per heavy atom. The van der Waals surface area contributed by atoms with Crippen molar-refractivity contribution < 1.29 is 17.4 Å². The summed E-state index contributed by atoms with van der Waals surface area (Å²) in [5.41, 5.74) is -0.0880. The minimum absolute atomic E-state index is 0.194. The zero-order chi connectivity index (χ0) is 14.8. The zero-order valence-corrected chi connectivity index (χ0v) is 12.6. The van der Waals surface area contributed by atoms with Crippen LogP contribution in [0.4, 0.5) is 13.2 Å². The molecule has 2 rings (SSSR count). The van der Waals surface area contributed by atoms with Crippen LogP contribution in [-0.4, -0.2) is 4.21 Å². The summed E-state index contributed by atoms with van der Waals surface area (Å²) in [7, 11) is -1.27. The standard InChI is InChI=1S/C14H10BrF3OS/c15-12-5-7-13(8-6-12)20(19)9-10-1-3-11(4-2-10)14(16,17)18/h1-8H,9H2. The van der Waals surface area contributed by atoms with E-state index < -0.39 is 22.5 Å². The molecule has 0 aromatic heterocycles. The molecule has 1 nitrogen and oxygen atoms in total. The van der Waals surface area contributed by atoms with Crippen LogP contribution in [0.25, 0.3) is 0 Å². The maximum Gasteiger partial charge on any atom is 0.416 e. The fourth-order valence-corrected chi connectivity index (χ4v) is 2.98. The molecule has 1 unspecified atom stereocenters. The van der Waals surface area contributed by atoms with Crippen LogP contribution in [0.15, 0.2) is 57.9 Å². The van der Waals surface area contributed by atoms with Gasteiger partial charge >= 0.3 is 6.18 Å². The molecule has 2 aromatic carbocycles. The molecule has 20 heavy (non-hydrogen) atoms. The summed E-state index contributed by atoms with van der Waals surface area (Å²) in [5, 5.41) is 0. The van der Waals surface area contributed by atoms with Crippen molar-refractivity contribution in [3.05, 3.63) is 64.1 Å². The molecule has 1 atom stereocenters. The average molecular weight is 363 g/mol. The lowest BCUT2D eigenvalue weighted by atomic mass is 10.1. The van der Waals surface area contributed by atoms with Gasteiger partial charge in [-0.15, -0.1) is 0 Å². The zero-order valence-electron chi connectivity index (χ0n) is 10.2. The highest BCUT2D eigenvalue weighted by Crippen LogP contribution is 2.29. The predicted molar refractivity (Wildman–Crippen MR) is 75.7 cm³/mol. The minimum Gasteiger partial charge on any atom is -0.254 e. The largest absolute Gasteiger partial charge is 0.416 e. The lowest BCUT2D eigenvalue weighted by Gasteiger charge is -2.07. The number of benzene rings is 2. The fourth-order valence-electron chi connectivity index (χ4n) is 1.61. The van der Waals surface area contributed by atoms with Crippen molar-refractivity contribution in [1.29, 1.82) is 0 Å². The molecule has 0 aliphatic rings. The first-order valence-corrected chi connectivity index (χ1v) is 7.77. The summed E-state index contributed by atoms with van der Waals surface area (Å²) in [6.45, 7) is 0. The summed E-state index contributed by atoms with van der Waals surface area (Å²) < 4.78 is 50.2. The van der Waals surface area contributed by atoms with E-state index in [1.165, 1.54) is 12.1 Å². The quantitative estimate of drug-likeness (QED) is 0.768. The maximum atomic E-state index is 12.4. The SMILES string of the molecule is O=S(Cc1ccc(C(F)(F)F)cc1)c1ccc(Br)cc1. The number of rotatable bonds is 3. The molecule has 0 radical (unpaired) electrons. The highest BCUT2D eigenvalue weighted by Gasteiger charge is 2.29. The molecule has 0 amide bonds. The molecule has 6 heteroatoms. The second-order valence-corrected chi connectivity index (χ2v) is 6.51. The Morgan fingerprint density at radius 1 is 0.950 bits per heavy atom. The molecule has 0 fully saturated rings. The second kappa shape index (κ2) is 6.10. The van der Waals surface area contributed by atoms with Crippen LogP contribution >= 0.6 is 15.9 Å². The number of hydrogen-bond acceptors (Lipinski definition) is 1. The number of halogens is 4. The van der Waals surface area contributed by atoms with Crippen LogP contribution in [-0.2, 0) is 22.7 Å². The summed E-state index contributed by atoms with van der Waals surface area (Å²) in [4.78, 5) is 0.646. The van der Waals surface area contributed by atoms with Crippen LogP contribution in [0, 0.1) is 0 Å². The summed E-state index contributed by atoms with van der Waals surface area (Å²) in [6, 6.07) is 11.7. The van der Waals surface area contributed by atoms with Gasteiger partial charge in [0, 0.05) is 9.37 Å². The molecule has 0 spiro atoms. The van der Waals surface area contributed by atoms with E-state index in [0.29, 0.717) is 10.5 Å². The van der Waals surface area contributed by atoms with Crippen LogP contribution in [0.1, 0.15) is 11.1 Å². The minimum atomic E-state index is -4.34. The van der Waals surface area contributed by atoms with Gasteiger partial charge < -0.3 is 0 Å². The molecule has 0 N–H and O–H groups in total. The van der Waals surface area contributed by atoms with Crippen molar-refractivity contribution in [3.8, 4) is 0 Å². The van der Waals surface area contributed by atoms with Gasteiger partial charge in [0.1, 0.15) is 0 Å². The van der Waals surface area contributed by atoms with Gasteiger partial charge in [-0.25, -0.2) is 0 Å². The van der Waals surface area contributed by atoms with Gasteiger partial charge in [0.05, 0.1) is 22.1 Å². The third-order valence-corrected chi connectivity index (χ3v) is 4.58. The summed E-state index contributed by atoms with van der Waals surface area (Å²) in [6.07, 6.45) is -4.34. The first-order valence-electron chi connectivity index (χ1n) is 5.66. The Bertz CT molecular complexity index is 606. The molecule has 0 aliphatic heterocycles. The lowest BCUT2D eigenvalue weighted by Crippen LogP contribution is -2.05. The molecule has 0 aliphatic carbocycles. The van der Waals surface area contributed by atoms with Crippen molar-refractivity contribution in [2.45, 2.75) is 16.8 Å². The first kappa shape index (κ1) is 15.3. The van der Waals surface area contributed by atoms with E-state index >= 15 is 0 Å². The number of alkyl halides is 3. The second-order valence-electron chi connectivity index (χ2n) is 4.14. The van der Waals surface area contributed by atoms with Gasteiger partial charge in [0.2, 0.25) is 0 Å². The van der Waals surface area contributed by atoms with Gasteiger partial charge in [-0.2, -0.15) is 13.2 Å². The molecular weight excluding hydrogens is 353 g/mol. The van der Waals surface area contributed by atoms with Gasteiger partial charge in [0.25, 0.3) is 0 Å². The van der Waals surface area contributed by atoms with Crippen LogP contribution < -0.4 is 0 Å². The smallest absolute Gasteiger partial charge is 0.254 e. The molecule has 0 heterocycles. The topological polar surface area (TPSA) is 17.1 Å². The highest BCUT2D eigenvalue weighted by molar-refractivity contribution is 9.10. The Hall–Kier alpha value is -1.14. The van der Waals surface area contributed by atoms with E-state index in [-0.39, 0.29) is 5.75 Å². The summed E-state index contributed by atoms with van der Waals surface area (Å²) in [5.74, 6) is 0.194. The molecule has 0 bridgehead atoms. The highest BCUT2D eigenvalue weighted by atomic mass is 79.9. The third kappa shape index (κ3) is 3.93. The molecule has 106 valence electrons. The Balaban J connectivity index is 2.10. The Kier molecular flexibility index (Phi) is 4.65. The van der Waals surface area contributed by atoms with E-state index in [2.05, 4.69) is 15.9 Å². The van der Waals surface area contributed by atoms with E-state index in [1.807, 2.05) is 0 Å². The normalized spacial score (nSPS) is 13.2. The van der Waals surface area contributed by atoms with Gasteiger partial charge in [-0.3, -0.25) is 4.21 Å². The predicted octanol–water partition coefficient (Wildman–Crippen LogP) is 4.78. The molecular formula is C14H10BrF3OS. The van der Waals surface area contributed by atoms with Crippen molar-refractivity contribution in [3.63, 3.8) is 0 Å². The monoisotopic (exact) mass is 362 g/mol. The van der Waals surface area contributed by atoms with Gasteiger partial charge in [0.15, 0.2) is 0 Å². The first-order chi connectivity index (χ1) is 9.36. The molecule has 0 saturated heterocycles. The average Bonchev–Trinajstić information content (AvgIpc) is 2.39. The van der Waals surface area contributed by atoms with Gasteiger partial charge in [-0.05, 0) is 42.0 Å². The van der Waals surface area contributed by atoms with E-state index in [0.717, 1.165) is 16.6 Å². The van der Waals surface area contributed by atoms with Crippen molar-refractivity contribution in [2.24, 2.45) is 0 Å². The maximum absolute atomic E-state index is 12.4. The van der Waals surface area contributed by atoms with Crippen LogP contribution in [0.3, 0.4) is 0 Å². The Morgan fingerprint density at radius 2 is 1.50 bits per heavy atom. The molecule has 0 saturated carbocycles.